The molecule has 0 saturated heterocycles. The van der Waals surface area contributed by atoms with Crippen molar-refractivity contribution in [2.75, 3.05) is 13.2 Å². The number of hydrogen-bond acceptors (Lipinski definition) is 4. The summed E-state index contributed by atoms with van der Waals surface area (Å²) in [6.45, 7) is 7.16. The van der Waals surface area contributed by atoms with Crippen molar-refractivity contribution in [3.05, 3.63) is 0 Å². The van der Waals surface area contributed by atoms with Crippen LogP contribution in [0.25, 0.3) is 0 Å². The number of ether oxygens (including phenoxy) is 2. The Kier molecular flexibility index (Phi) is 11.6. The molecular formula is C21H38O4. The van der Waals surface area contributed by atoms with Crippen LogP contribution in [0.3, 0.4) is 0 Å². The van der Waals surface area contributed by atoms with Gasteiger partial charge in [-0.25, -0.2) is 0 Å². The van der Waals surface area contributed by atoms with Crippen molar-refractivity contribution < 1.29 is 19.1 Å². The molecule has 4 nitrogen and oxygen atoms in total. The van der Waals surface area contributed by atoms with Crippen molar-refractivity contribution in [2.24, 2.45) is 17.8 Å². The van der Waals surface area contributed by atoms with Gasteiger partial charge in [-0.3, -0.25) is 9.59 Å². The predicted molar refractivity (Wildman–Crippen MR) is 100 cm³/mol. The van der Waals surface area contributed by atoms with Crippen LogP contribution in [0.4, 0.5) is 0 Å². The van der Waals surface area contributed by atoms with Crippen molar-refractivity contribution >= 4 is 11.9 Å². The van der Waals surface area contributed by atoms with Gasteiger partial charge in [0.25, 0.3) is 0 Å². The maximum Gasteiger partial charge on any atom is 0.309 e. The summed E-state index contributed by atoms with van der Waals surface area (Å²) < 4.78 is 10.8. The predicted octanol–water partition coefficient (Wildman–Crippen LogP) is 5.29. The highest BCUT2D eigenvalue weighted by Crippen LogP contribution is 2.32. The van der Waals surface area contributed by atoms with Gasteiger partial charge in [-0.2, -0.15) is 0 Å². The normalized spacial score (nSPS) is 20.5. The summed E-state index contributed by atoms with van der Waals surface area (Å²) in [5.41, 5.74) is 0. The fourth-order valence-corrected chi connectivity index (χ4v) is 3.39. The lowest BCUT2D eigenvalue weighted by atomic mass is 9.79. The lowest BCUT2D eigenvalue weighted by Gasteiger charge is -2.28. The van der Waals surface area contributed by atoms with Crippen LogP contribution < -0.4 is 0 Å². The summed E-state index contributed by atoms with van der Waals surface area (Å²) in [7, 11) is 0. The third-order valence-corrected chi connectivity index (χ3v) is 4.92. The van der Waals surface area contributed by atoms with Crippen LogP contribution in [0.15, 0.2) is 0 Å². The number of hydrogen-bond donors (Lipinski definition) is 0. The summed E-state index contributed by atoms with van der Waals surface area (Å²) in [5, 5.41) is 0. The minimum atomic E-state index is -0.311. The maximum atomic E-state index is 12.4. The molecule has 1 aliphatic rings. The van der Waals surface area contributed by atoms with Crippen molar-refractivity contribution in [1.82, 2.24) is 0 Å². The topological polar surface area (TPSA) is 52.6 Å². The van der Waals surface area contributed by atoms with Gasteiger partial charge >= 0.3 is 11.9 Å². The van der Waals surface area contributed by atoms with Crippen molar-refractivity contribution in [3.8, 4) is 0 Å². The van der Waals surface area contributed by atoms with Crippen LogP contribution in [-0.4, -0.2) is 25.2 Å². The van der Waals surface area contributed by atoms with Gasteiger partial charge in [0.1, 0.15) is 0 Å². The molecule has 1 fully saturated rings. The molecule has 0 aliphatic heterocycles. The zero-order valence-electron chi connectivity index (χ0n) is 16.6. The quantitative estimate of drug-likeness (QED) is 0.353. The summed E-state index contributed by atoms with van der Waals surface area (Å²) >= 11 is 0. The van der Waals surface area contributed by atoms with E-state index in [9.17, 15) is 9.59 Å². The summed E-state index contributed by atoms with van der Waals surface area (Å²) in [6.07, 6.45) is 11.9. The molecule has 0 aromatic rings. The van der Waals surface area contributed by atoms with E-state index in [2.05, 4.69) is 6.92 Å². The Morgan fingerprint density at radius 2 is 1.36 bits per heavy atom. The highest BCUT2D eigenvalue weighted by molar-refractivity contribution is 5.82. The molecular weight excluding hydrogens is 316 g/mol. The lowest BCUT2D eigenvalue weighted by Crippen LogP contribution is -2.35. The number of carbonyl (C=O) groups is 2. The molecule has 0 aromatic heterocycles. The Balaban J connectivity index is 2.27. The first kappa shape index (κ1) is 22.0. The smallest absolute Gasteiger partial charge is 0.309 e. The second-order valence-corrected chi connectivity index (χ2v) is 7.81. The van der Waals surface area contributed by atoms with Crippen LogP contribution in [0.1, 0.15) is 91.4 Å². The van der Waals surface area contributed by atoms with Gasteiger partial charge < -0.3 is 9.47 Å². The molecule has 0 amide bonds. The molecule has 1 aliphatic carbocycles. The van der Waals surface area contributed by atoms with Crippen molar-refractivity contribution in [3.63, 3.8) is 0 Å². The largest absolute Gasteiger partial charge is 0.465 e. The van der Waals surface area contributed by atoms with E-state index < -0.39 is 0 Å². The van der Waals surface area contributed by atoms with Crippen molar-refractivity contribution in [2.45, 2.75) is 91.4 Å². The van der Waals surface area contributed by atoms with Gasteiger partial charge in [-0.05, 0) is 25.2 Å². The van der Waals surface area contributed by atoms with E-state index in [1.54, 1.807) is 0 Å². The maximum absolute atomic E-state index is 12.4. The zero-order chi connectivity index (χ0) is 18.5. The Labute approximate surface area is 154 Å². The highest BCUT2D eigenvalue weighted by atomic mass is 16.5. The minimum Gasteiger partial charge on any atom is -0.465 e. The Hall–Kier alpha value is -1.06. The van der Waals surface area contributed by atoms with Gasteiger partial charge in [0.15, 0.2) is 0 Å². The summed E-state index contributed by atoms with van der Waals surface area (Å²) in [4.78, 5) is 24.7. The SMILES string of the molecule is CCCCCCCCCOC(=O)C1CCCCC1C(=O)OCC(C)C. The molecule has 1 saturated carbocycles. The first-order chi connectivity index (χ1) is 12.1. The molecule has 1 rings (SSSR count). The Morgan fingerprint density at radius 1 is 0.840 bits per heavy atom. The fraction of sp³-hybridized carbons (Fsp3) is 0.905. The molecule has 0 N–H and O–H groups in total. The van der Waals surface area contributed by atoms with E-state index in [0.717, 1.165) is 38.5 Å². The number of carbonyl (C=O) groups excluding carboxylic acids is 2. The molecule has 0 radical (unpaired) electrons. The lowest BCUT2D eigenvalue weighted by molar-refractivity contribution is -0.163. The molecule has 0 heterocycles. The Morgan fingerprint density at radius 3 is 1.92 bits per heavy atom. The highest BCUT2D eigenvalue weighted by Gasteiger charge is 2.37. The number of unbranched alkanes of at least 4 members (excludes halogenated alkanes) is 6. The third-order valence-electron chi connectivity index (χ3n) is 4.92. The second kappa shape index (κ2) is 13.2. The van der Waals surface area contributed by atoms with E-state index in [1.165, 1.54) is 32.1 Å². The van der Waals surface area contributed by atoms with E-state index in [4.69, 9.17) is 9.47 Å². The molecule has 0 bridgehead atoms. The first-order valence-corrected chi connectivity index (χ1v) is 10.4. The van der Waals surface area contributed by atoms with Crippen LogP contribution in [0.5, 0.6) is 0 Å². The molecule has 25 heavy (non-hydrogen) atoms. The van der Waals surface area contributed by atoms with E-state index in [0.29, 0.717) is 19.1 Å². The van der Waals surface area contributed by atoms with E-state index in [1.807, 2.05) is 13.8 Å². The zero-order valence-corrected chi connectivity index (χ0v) is 16.6. The van der Waals surface area contributed by atoms with E-state index in [-0.39, 0.29) is 23.8 Å². The average molecular weight is 355 g/mol. The first-order valence-electron chi connectivity index (χ1n) is 10.4. The minimum absolute atomic E-state index is 0.197. The summed E-state index contributed by atoms with van der Waals surface area (Å²) in [5.74, 6) is -0.717. The van der Waals surface area contributed by atoms with Crippen LogP contribution in [0.2, 0.25) is 0 Å². The molecule has 0 spiro atoms. The van der Waals surface area contributed by atoms with E-state index >= 15 is 0 Å². The number of esters is 2. The fourth-order valence-electron chi connectivity index (χ4n) is 3.39. The second-order valence-electron chi connectivity index (χ2n) is 7.81. The Bertz CT molecular complexity index is 378. The monoisotopic (exact) mass is 354 g/mol. The molecule has 2 unspecified atom stereocenters. The van der Waals surface area contributed by atoms with Gasteiger partial charge in [-0.15, -0.1) is 0 Å². The third kappa shape index (κ3) is 9.27. The molecule has 0 aromatic carbocycles. The van der Waals surface area contributed by atoms with Gasteiger partial charge in [0.05, 0.1) is 25.0 Å². The summed E-state index contributed by atoms with van der Waals surface area (Å²) in [6, 6.07) is 0. The number of rotatable bonds is 12. The van der Waals surface area contributed by atoms with Crippen LogP contribution in [-0.2, 0) is 19.1 Å². The average Bonchev–Trinajstić information content (AvgIpc) is 2.61. The molecule has 4 heteroatoms. The van der Waals surface area contributed by atoms with Crippen LogP contribution >= 0.6 is 0 Å². The van der Waals surface area contributed by atoms with Gasteiger partial charge in [0, 0.05) is 0 Å². The molecule has 146 valence electrons. The van der Waals surface area contributed by atoms with Crippen molar-refractivity contribution in [1.29, 1.82) is 0 Å². The van der Waals surface area contributed by atoms with Crippen LogP contribution in [0, 0.1) is 17.8 Å². The van der Waals surface area contributed by atoms with Gasteiger partial charge in [-0.1, -0.05) is 72.1 Å². The van der Waals surface area contributed by atoms with Gasteiger partial charge in [0.2, 0.25) is 0 Å². The molecule has 2 atom stereocenters. The standard InChI is InChI=1S/C21H38O4/c1-4-5-6-7-8-9-12-15-24-20(22)18-13-10-11-14-19(18)21(23)25-16-17(2)3/h17-19H,4-16H2,1-3H3.